The van der Waals surface area contributed by atoms with Gasteiger partial charge in [0, 0.05) is 12.5 Å². The third kappa shape index (κ3) is 5.01. The molecule has 0 heterocycles. The Morgan fingerprint density at radius 1 is 0.923 bits per heavy atom. The van der Waals surface area contributed by atoms with Crippen LogP contribution in [0.2, 0.25) is 0 Å². The van der Waals surface area contributed by atoms with Crippen LogP contribution in [0.1, 0.15) is 49.3 Å². The van der Waals surface area contributed by atoms with Gasteiger partial charge in [0.15, 0.2) is 11.5 Å². The van der Waals surface area contributed by atoms with Crippen molar-refractivity contribution in [2.45, 2.75) is 39.0 Å². The maximum Gasteiger partial charge on any atom is 0.160 e. The second-order valence-electron chi connectivity index (χ2n) is 6.79. The van der Waals surface area contributed by atoms with Gasteiger partial charge in [0.05, 0.1) is 14.2 Å². The molecule has 1 unspecified atom stereocenters. The second-order valence-corrected chi connectivity index (χ2v) is 6.79. The molecule has 0 aliphatic rings. The topological polar surface area (TPSA) is 56.8 Å². The fourth-order valence-electron chi connectivity index (χ4n) is 2.83. The zero-order valence-electron chi connectivity index (χ0n) is 16.5. The van der Waals surface area contributed by atoms with Crippen molar-refractivity contribution in [2.24, 2.45) is 10.7 Å². The lowest BCUT2D eigenvalue weighted by Crippen LogP contribution is -2.20. The van der Waals surface area contributed by atoms with Gasteiger partial charge in [-0.2, -0.15) is 0 Å². The molecule has 26 heavy (non-hydrogen) atoms. The third-order valence-electron chi connectivity index (χ3n) is 4.69. The van der Waals surface area contributed by atoms with Crippen LogP contribution in [-0.2, 0) is 6.42 Å². The summed E-state index contributed by atoms with van der Waals surface area (Å²) in [5.74, 6) is 2.79. The van der Waals surface area contributed by atoms with E-state index in [0.29, 0.717) is 18.3 Å². The summed E-state index contributed by atoms with van der Waals surface area (Å²) in [6.07, 6.45) is 0.806. The van der Waals surface area contributed by atoms with Gasteiger partial charge in [-0.25, -0.2) is 0 Å². The molecule has 0 radical (unpaired) electrons. The first-order valence-corrected chi connectivity index (χ1v) is 9.06. The molecule has 0 amide bonds. The van der Waals surface area contributed by atoms with Gasteiger partial charge in [-0.05, 0) is 41.2 Å². The zero-order valence-corrected chi connectivity index (χ0v) is 16.5. The van der Waals surface area contributed by atoms with Crippen molar-refractivity contribution < 1.29 is 9.47 Å². The molecule has 0 saturated heterocycles. The number of rotatable bonds is 8. The Hall–Kier alpha value is -2.49. The Kier molecular flexibility index (Phi) is 7.07. The number of hydrogen-bond acceptors (Lipinski definition) is 3. The maximum absolute atomic E-state index is 6.22. The monoisotopic (exact) mass is 354 g/mol. The van der Waals surface area contributed by atoms with Crippen LogP contribution in [0.3, 0.4) is 0 Å². The molecule has 1 atom stereocenters. The molecule has 2 rings (SSSR count). The van der Waals surface area contributed by atoms with Crippen molar-refractivity contribution in [3.8, 4) is 11.5 Å². The summed E-state index contributed by atoms with van der Waals surface area (Å²) < 4.78 is 10.6. The van der Waals surface area contributed by atoms with Gasteiger partial charge in [0.25, 0.3) is 0 Å². The molecule has 2 N–H and O–H groups in total. The van der Waals surface area contributed by atoms with Crippen molar-refractivity contribution in [1.29, 1.82) is 0 Å². The standard InChI is InChI=1S/C22H30N2O2/c1-15(2)18-7-9-19(10-8-18)16(3)22(23)24-13-12-17-6-11-20(25-4)21(14-17)26-5/h6-11,14-16H,12-13H2,1-5H3,(H2,23,24). The van der Waals surface area contributed by atoms with Gasteiger partial charge in [-0.1, -0.05) is 51.1 Å². The van der Waals surface area contributed by atoms with Crippen LogP contribution in [0.4, 0.5) is 0 Å². The van der Waals surface area contributed by atoms with Gasteiger partial charge in [-0.15, -0.1) is 0 Å². The van der Waals surface area contributed by atoms with Crippen LogP contribution < -0.4 is 15.2 Å². The molecule has 140 valence electrons. The number of amidine groups is 1. The van der Waals surface area contributed by atoms with Crippen LogP contribution in [-0.4, -0.2) is 26.6 Å². The largest absolute Gasteiger partial charge is 0.493 e. The highest BCUT2D eigenvalue weighted by molar-refractivity contribution is 5.87. The van der Waals surface area contributed by atoms with Crippen LogP contribution in [0, 0.1) is 0 Å². The van der Waals surface area contributed by atoms with Crippen molar-refractivity contribution >= 4 is 5.84 Å². The number of hydrogen-bond donors (Lipinski definition) is 1. The Morgan fingerprint density at radius 2 is 1.54 bits per heavy atom. The first kappa shape index (κ1) is 19.8. The summed E-state index contributed by atoms with van der Waals surface area (Å²) in [5, 5.41) is 0. The number of methoxy groups -OCH3 is 2. The fourth-order valence-corrected chi connectivity index (χ4v) is 2.83. The van der Waals surface area contributed by atoms with Crippen LogP contribution >= 0.6 is 0 Å². The van der Waals surface area contributed by atoms with E-state index in [1.165, 1.54) is 11.1 Å². The minimum Gasteiger partial charge on any atom is -0.493 e. The number of nitrogens with two attached hydrogens (primary N) is 1. The van der Waals surface area contributed by atoms with E-state index < -0.39 is 0 Å². The van der Waals surface area contributed by atoms with E-state index in [4.69, 9.17) is 15.2 Å². The lowest BCUT2D eigenvalue weighted by Gasteiger charge is -2.13. The summed E-state index contributed by atoms with van der Waals surface area (Å²) in [6.45, 7) is 7.14. The van der Waals surface area contributed by atoms with Crippen molar-refractivity contribution in [3.05, 3.63) is 59.2 Å². The summed E-state index contributed by atoms with van der Waals surface area (Å²) in [4.78, 5) is 4.57. The van der Waals surface area contributed by atoms with E-state index in [2.05, 4.69) is 50.0 Å². The Balaban J connectivity index is 1.99. The number of nitrogens with zero attached hydrogens (tertiary/aromatic N) is 1. The van der Waals surface area contributed by atoms with Gasteiger partial charge in [0.2, 0.25) is 0 Å². The summed E-state index contributed by atoms with van der Waals surface area (Å²) in [7, 11) is 3.28. The average Bonchev–Trinajstić information content (AvgIpc) is 2.67. The van der Waals surface area contributed by atoms with E-state index in [1.54, 1.807) is 14.2 Å². The zero-order chi connectivity index (χ0) is 19.1. The summed E-state index contributed by atoms with van der Waals surface area (Å²) >= 11 is 0. The molecule has 0 spiro atoms. The summed E-state index contributed by atoms with van der Waals surface area (Å²) in [6, 6.07) is 14.6. The molecule has 2 aromatic rings. The van der Waals surface area contributed by atoms with Crippen LogP contribution in [0.5, 0.6) is 11.5 Å². The Labute approximate surface area is 157 Å². The molecule has 0 aliphatic carbocycles. The second kappa shape index (κ2) is 9.27. The quantitative estimate of drug-likeness (QED) is 0.560. The molecule has 0 aliphatic heterocycles. The molecule has 0 fully saturated rings. The van der Waals surface area contributed by atoms with Crippen molar-refractivity contribution in [3.63, 3.8) is 0 Å². The first-order chi connectivity index (χ1) is 12.5. The molecular weight excluding hydrogens is 324 g/mol. The molecule has 4 nitrogen and oxygen atoms in total. The Morgan fingerprint density at radius 3 is 2.12 bits per heavy atom. The third-order valence-corrected chi connectivity index (χ3v) is 4.69. The minimum atomic E-state index is 0.113. The SMILES string of the molecule is COc1ccc(CCN=C(N)C(C)c2ccc(C(C)C)cc2)cc1OC. The molecular formula is C22H30N2O2. The van der Waals surface area contributed by atoms with Crippen LogP contribution in [0.25, 0.3) is 0 Å². The highest BCUT2D eigenvalue weighted by atomic mass is 16.5. The van der Waals surface area contributed by atoms with Crippen molar-refractivity contribution in [2.75, 3.05) is 20.8 Å². The van der Waals surface area contributed by atoms with E-state index in [-0.39, 0.29) is 5.92 Å². The van der Waals surface area contributed by atoms with Crippen molar-refractivity contribution in [1.82, 2.24) is 0 Å². The Bertz CT molecular complexity index is 736. The normalized spacial score (nSPS) is 12.9. The fraction of sp³-hybridized carbons (Fsp3) is 0.409. The van der Waals surface area contributed by atoms with E-state index >= 15 is 0 Å². The number of ether oxygens (including phenoxy) is 2. The van der Waals surface area contributed by atoms with E-state index in [9.17, 15) is 0 Å². The first-order valence-electron chi connectivity index (χ1n) is 9.06. The highest BCUT2D eigenvalue weighted by Gasteiger charge is 2.10. The van der Waals surface area contributed by atoms with Gasteiger partial charge >= 0.3 is 0 Å². The summed E-state index contributed by atoms with van der Waals surface area (Å²) in [5.41, 5.74) is 9.90. The molecule has 0 aromatic heterocycles. The predicted molar refractivity (Wildman–Crippen MR) is 109 cm³/mol. The molecule has 0 bridgehead atoms. The lowest BCUT2D eigenvalue weighted by molar-refractivity contribution is 0.354. The molecule has 2 aromatic carbocycles. The van der Waals surface area contributed by atoms with Gasteiger partial charge < -0.3 is 15.2 Å². The van der Waals surface area contributed by atoms with Crippen LogP contribution in [0.15, 0.2) is 47.5 Å². The maximum atomic E-state index is 6.22. The van der Waals surface area contributed by atoms with Gasteiger partial charge in [0.1, 0.15) is 5.84 Å². The van der Waals surface area contributed by atoms with E-state index in [1.807, 2.05) is 18.2 Å². The lowest BCUT2D eigenvalue weighted by atomic mass is 9.95. The molecule has 0 saturated carbocycles. The average molecular weight is 354 g/mol. The number of aliphatic imine (C=N–C) groups is 1. The molecule has 4 heteroatoms. The van der Waals surface area contributed by atoms with E-state index in [0.717, 1.165) is 23.5 Å². The van der Waals surface area contributed by atoms with Gasteiger partial charge in [-0.3, -0.25) is 4.99 Å². The number of benzene rings is 2. The predicted octanol–water partition coefficient (Wildman–Crippen LogP) is 4.53. The smallest absolute Gasteiger partial charge is 0.160 e. The highest BCUT2D eigenvalue weighted by Crippen LogP contribution is 2.27. The minimum absolute atomic E-state index is 0.113.